The molecule has 1 amide bonds. The number of pyridine rings is 1. The number of H-pyrrole nitrogens is 1. The molecule has 0 aliphatic heterocycles. The van der Waals surface area contributed by atoms with E-state index in [1.807, 2.05) is 0 Å². The molecule has 2 aromatic heterocycles. The Morgan fingerprint density at radius 1 is 1.64 bits per heavy atom. The topological polar surface area (TPSA) is 105 Å². The number of aromatic amines is 1. The molecule has 2 heterocycles. The molecule has 0 aromatic carbocycles. The van der Waals surface area contributed by atoms with E-state index in [1.54, 1.807) is 0 Å². The van der Waals surface area contributed by atoms with Gasteiger partial charge in [-0.25, -0.2) is 9.97 Å². The monoisotopic (exact) mass is 192 g/mol. The van der Waals surface area contributed by atoms with Crippen LogP contribution in [0.2, 0.25) is 0 Å². The van der Waals surface area contributed by atoms with Gasteiger partial charge in [0, 0.05) is 6.20 Å². The molecule has 0 fully saturated rings. The summed E-state index contributed by atoms with van der Waals surface area (Å²) in [6.07, 6.45) is 1.46. The molecule has 0 saturated heterocycles. The minimum atomic E-state index is -0.562. The Morgan fingerprint density at radius 3 is 3.07 bits per heavy atom. The summed E-state index contributed by atoms with van der Waals surface area (Å²) in [5.74, 6) is -0.199. The maximum Gasteiger partial charge on any atom is 0.251 e. The minimum absolute atomic E-state index is 0.228. The van der Waals surface area contributed by atoms with Gasteiger partial charge in [0.2, 0.25) is 0 Å². The SMILES string of the molecule is NC(=O)c1ccnc2[nH]c(CO)nc12. The van der Waals surface area contributed by atoms with E-state index in [0.29, 0.717) is 22.6 Å². The zero-order chi connectivity index (χ0) is 10.1. The van der Waals surface area contributed by atoms with Crippen LogP contribution in [0.4, 0.5) is 0 Å². The number of nitrogens with two attached hydrogens (primary N) is 1. The molecule has 0 spiro atoms. The maximum atomic E-state index is 11.0. The minimum Gasteiger partial charge on any atom is -0.388 e. The molecule has 72 valence electrons. The molecule has 4 N–H and O–H groups in total. The molecular formula is C8H8N4O2. The molecule has 2 aromatic rings. The van der Waals surface area contributed by atoms with Gasteiger partial charge in [0.25, 0.3) is 5.91 Å². The first kappa shape index (κ1) is 8.64. The van der Waals surface area contributed by atoms with Crippen molar-refractivity contribution >= 4 is 17.1 Å². The Bertz CT molecular complexity index is 491. The third-order valence-electron chi connectivity index (χ3n) is 1.85. The molecule has 0 unspecified atom stereocenters. The summed E-state index contributed by atoms with van der Waals surface area (Å²) in [6.45, 7) is -0.228. The molecule has 14 heavy (non-hydrogen) atoms. The van der Waals surface area contributed by atoms with Crippen LogP contribution in [0, 0.1) is 0 Å². The number of nitrogens with one attached hydrogen (secondary N) is 1. The number of carbonyl (C=O) groups is 1. The summed E-state index contributed by atoms with van der Waals surface area (Å²) >= 11 is 0. The number of aliphatic hydroxyl groups excluding tert-OH is 1. The first-order valence-corrected chi connectivity index (χ1v) is 3.96. The van der Waals surface area contributed by atoms with E-state index in [9.17, 15) is 4.79 Å². The highest BCUT2D eigenvalue weighted by Crippen LogP contribution is 2.13. The fourth-order valence-corrected chi connectivity index (χ4v) is 1.23. The molecule has 6 heteroatoms. The van der Waals surface area contributed by atoms with E-state index in [0.717, 1.165) is 0 Å². The summed E-state index contributed by atoms with van der Waals surface area (Å²) in [6, 6.07) is 1.49. The average molecular weight is 192 g/mol. The van der Waals surface area contributed by atoms with Gasteiger partial charge in [-0.1, -0.05) is 0 Å². The second-order valence-corrected chi connectivity index (χ2v) is 2.76. The van der Waals surface area contributed by atoms with Crippen LogP contribution in [0.15, 0.2) is 12.3 Å². The van der Waals surface area contributed by atoms with Gasteiger partial charge in [-0.05, 0) is 6.07 Å². The quantitative estimate of drug-likeness (QED) is 0.599. The highest BCUT2D eigenvalue weighted by atomic mass is 16.3. The van der Waals surface area contributed by atoms with Crippen LogP contribution in [0.3, 0.4) is 0 Å². The molecule has 0 saturated carbocycles. The van der Waals surface area contributed by atoms with Gasteiger partial charge in [0.05, 0.1) is 5.56 Å². The van der Waals surface area contributed by atoms with Crippen molar-refractivity contribution in [2.75, 3.05) is 0 Å². The van der Waals surface area contributed by atoms with E-state index in [4.69, 9.17) is 10.8 Å². The Hall–Kier alpha value is -1.95. The fourth-order valence-electron chi connectivity index (χ4n) is 1.23. The van der Waals surface area contributed by atoms with E-state index in [1.165, 1.54) is 12.3 Å². The number of nitrogens with zero attached hydrogens (tertiary/aromatic N) is 2. The van der Waals surface area contributed by atoms with Crippen LogP contribution in [-0.4, -0.2) is 26.0 Å². The Balaban J connectivity index is 2.73. The first-order valence-electron chi connectivity index (χ1n) is 3.96. The molecule has 0 radical (unpaired) electrons. The van der Waals surface area contributed by atoms with E-state index in [2.05, 4.69) is 15.0 Å². The van der Waals surface area contributed by atoms with Crippen molar-refractivity contribution in [2.45, 2.75) is 6.61 Å². The molecule has 6 nitrogen and oxygen atoms in total. The van der Waals surface area contributed by atoms with Gasteiger partial charge in [-0.3, -0.25) is 4.79 Å². The second-order valence-electron chi connectivity index (χ2n) is 2.76. The summed E-state index contributed by atoms with van der Waals surface area (Å²) < 4.78 is 0. The van der Waals surface area contributed by atoms with Crippen LogP contribution in [0.25, 0.3) is 11.2 Å². The number of fused-ring (bicyclic) bond motifs is 1. The molecular weight excluding hydrogens is 184 g/mol. The van der Waals surface area contributed by atoms with Gasteiger partial charge in [-0.2, -0.15) is 0 Å². The third-order valence-corrected chi connectivity index (χ3v) is 1.85. The number of primary amides is 1. The van der Waals surface area contributed by atoms with Crippen molar-refractivity contribution in [2.24, 2.45) is 5.73 Å². The summed E-state index contributed by atoms with van der Waals surface area (Å²) in [7, 11) is 0. The van der Waals surface area contributed by atoms with E-state index in [-0.39, 0.29) is 6.61 Å². The number of amides is 1. The van der Waals surface area contributed by atoms with Crippen molar-refractivity contribution in [1.29, 1.82) is 0 Å². The molecule has 0 bridgehead atoms. The van der Waals surface area contributed by atoms with Crippen LogP contribution < -0.4 is 5.73 Å². The smallest absolute Gasteiger partial charge is 0.251 e. The summed E-state index contributed by atoms with van der Waals surface area (Å²) in [5, 5.41) is 8.83. The molecule has 0 atom stereocenters. The van der Waals surface area contributed by atoms with Gasteiger partial charge in [0.1, 0.15) is 17.9 Å². The van der Waals surface area contributed by atoms with Crippen LogP contribution >= 0.6 is 0 Å². The Labute approximate surface area is 78.8 Å². The van der Waals surface area contributed by atoms with E-state index >= 15 is 0 Å². The highest BCUT2D eigenvalue weighted by molar-refractivity contribution is 6.03. The van der Waals surface area contributed by atoms with Crippen LogP contribution in [0.1, 0.15) is 16.2 Å². The lowest BCUT2D eigenvalue weighted by atomic mass is 10.2. The molecule has 0 aliphatic carbocycles. The average Bonchev–Trinajstić information content (AvgIpc) is 2.59. The Morgan fingerprint density at radius 2 is 2.43 bits per heavy atom. The van der Waals surface area contributed by atoms with E-state index < -0.39 is 5.91 Å². The predicted octanol–water partition coefficient (Wildman–Crippen LogP) is -0.451. The van der Waals surface area contributed by atoms with Gasteiger partial charge in [-0.15, -0.1) is 0 Å². The number of rotatable bonds is 2. The maximum absolute atomic E-state index is 11.0. The van der Waals surface area contributed by atoms with Crippen LogP contribution in [-0.2, 0) is 6.61 Å². The lowest BCUT2D eigenvalue weighted by Gasteiger charge is -1.93. The lowest BCUT2D eigenvalue weighted by molar-refractivity contribution is 0.100. The van der Waals surface area contributed by atoms with Gasteiger partial charge < -0.3 is 15.8 Å². The van der Waals surface area contributed by atoms with Crippen molar-refractivity contribution in [3.8, 4) is 0 Å². The molecule has 2 rings (SSSR count). The number of hydrogen-bond acceptors (Lipinski definition) is 4. The molecule has 0 aliphatic rings. The number of aromatic nitrogens is 3. The summed E-state index contributed by atoms with van der Waals surface area (Å²) in [4.78, 5) is 21.7. The van der Waals surface area contributed by atoms with Gasteiger partial charge in [0.15, 0.2) is 5.65 Å². The second kappa shape index (κ2) is 3.08. The largest absolute Gasteiger partial charge is 0.388 e. The zero-order valence-corrected chi connectivity index (χ0v) is 7.19. The van der Waals surface area contributed by atoms with Crippen LogP contribution in [0.5, 0.6) is 0 Å². The van der Waals surface area contributed by atoms with Crippen molar-refractivity contribution in [3.63, 3.8) is 0 Å². The standard InChI is InChI=1S/C8H8N4O2/c9-7(14)4-1-2-10-8-6(4)11-5(3-13)12-8/h1-2,13H,3H2,(H2,9,14)(H,10,11,12). The number of imidazole rings is 1. The summed E-state index contributed by atoms with van der Waals surface area (Å²) in [5.41, 5.74) is 6.29. The number of hydrogen-bond donors (Lipinski definition) is 3. The fraction of sp³-hybridized carbons (Fsp3) is 0.125. The number of aliphatic hydroxyl groups is 1. The normalized spacial score (nSPS) is 10.6. The number of carbonyl (C=O) groups excluding carboxylic acids is 1. The third kappa shape index (κ3) is 1.21. The lowest BCUT2D eigenvalue weighted by Crippen LogP contribution is -2.11. The zero-order valence-electron chi connectivity index (χ0n) is 7.19. The highest BCUT2D eigenvalue weighted by Gasteiger charge is 2.11. The van der Waals surface area contributed by atoms with Crippen molar-refractivity contribution < 1.29 is 9.90 Å². The van der Waals surface area contributed by atoms with Gasteiger partial charge >= 0.3 is 0 Å². The van der Waals surface area contributed by atoms with Crippen molar-refractivity contribution in [1.82, 2.24) is 15.0 Å². The predicted molar refractivity (Wildman–Crippen MR) is 48.3 cm³/mol. The van der Waals surface area contributed by atoms with Crippen molar-refractivity contribution in [3.05, 3.63) is 23.7 Å². The Kier molecular flexibility index (Phi) is 1.90. The first-order chi connectivity index (χ1) is 6.72.